The normalized spacial score (nSPS) is 20.8. The highest BCUT2D eigenvalue weighted by Gasteiger charge is 2.38. The van der Waals surface area contributed by atoms with Crippen molar-refractivity contribution in [2.45, 2.75) is 32.2 Å². The molecule has 0 aromatic rings. The van der Waals surface area contributed by atoms with Gasteiger partial charge in [-0.2, -0.15) is 4.31 Å². The molecule has 18 heavy (non-hydrogen) atoms. The Labute approximate surface area is 106 Å². The average molecular weight is 279 g/mol. The van der Waals surface area contributed by atoms with E-state index >= 15 is 0 Å². The smallest absolute Gasteiger partial charge is 0.322 e. The first-order valence-electron chi connectivity index (χ1n) is 5.76. The van der Waals surface area contributed by atoms with E-state index < -0.39 is 33.8 Å². The summed E-state index contributed by atoms with van der Waals surface area (Å²) in [4.78, 5) is 22.0. The number of carboxylic acid groups (broad SMARTS) is 1. The molecule has 1 aliphatic heterocycles. The second-order valence-electron chi connectivity index (χ2n) is 3.98. The number of rotatable bonds is 6. The molecule has 8 heteroatoms. The van der Waals surface area contributed by atoms with E-state index in [1.165, 1.54) is 0 Å². The van der Waals surface area contributed by atoms with Gasteiger partial charge in [0.2, 0.25) is 10.0 Å². The molecule has 0 aromatic heterocycles. The minimum absolute atomic E-state index is 0.195. The Morgan fingerprint density at radius 3 is 2.67 bits per heavy atom. The maximum Gasteiger partial charge on any atom is 0.322 e. The molecule has 1 aliphatic rings. The molecule has 0 saturated carbocycles. The van der Waals surface area contributed by atoms with E-state index in [0.717, 1.165) is 4.31 Å². The van der Waals surface area contributed by atoms with E-state index in [1.807, 2.05) is 0 Å². The van der Waals surface area contributed by atoms with Gasteiger partial charge in [0, 0.05) is 6.54 Å². The Morgan fingerprint density at radius 2 is 2.11 bits per heavy atom. The van der Waals surface area contributed by atoms with Crippen LogP contribution in [0.2, 0.25) is 0 Å². The SMILES string of the molecule is CCOC(=O)CCS(=O)(=O)N1CCCC1C(=O)O. The number of nitrogens with zero attached hydrogens (tertiary/aromatic N) is 1. The van der Waals surface area contributed by atoms with Crippen LogP contribution in [0.3, 0.4) is 0 Å². The topological polar surface area (TPSA) is 101 Å². The monoisotopic (exact) mass is 279 g/mol. The zero-order valence-electron chi connectivity index (χ0n) is 10.2. The Balaban J connectivity index is 2.63. The number of sulfonamides is 1. The van der Waals surface area contributed by atoms with Crippen LogP contribution in [0.1, 0.15) is 26.2 Å². The molecule has 1 N–H and O–H groups in total. The lowest BCUT2D eigenvalue weighted by molar-refractivity contribution is -0.142. The van der Waals surface area contributed by atoms with Gasteiger partial charge in [-0.15, -0.1) is 0 Å². The lowest BCUT2D eigenvalue weighted by atomic mass is 10.2. The quantitative estimate of drug-likeness (QED) is 0.677. The van der Waals surface area contributed by atoms with Gasteiger partial charge in [-0.1, -0.05) is 0 Å². The number of hydrogen-bond donors (Lipinski definition) is 1. The Morgan fingerprint density at radius 1 is 1.44 bits per heavy atom. The molecule has 1 heterocycles. The summed E-state index contributed by atoms with van der Waals surface area (Å²) in [7, 11) is -3.72. The zero-order valence-corrected chi connectivity index (χ0v) is 11.0. The van der Waals surface area contributed by atoms with E-state index in [4.69, 9.17) is 5.11 Å². The molecule has 0 radical (unpaired) electrons. The molecule has 1 unspecified atom stereocenters. The zero-order chi connectivity index (χ0) is 13.8. The molecule has 7 nitrogen and oxygen atoms in total. The van der Waals surface area contributed by atoms with Crippen LogP contribution >= 0.6 is 0 Å². The van der Waals surface area contributed by atoms with E-state index in [0.29, 0.717) is 12.8 Å². The molecule has 1 saturated heterocycles. The lowest BCUT2D eigenvalue weighted by Gasteiger charge is -2.20. The summed E-state index contributed by atoms with van der Waals surface area (Å²) in [5.41, 5.74) is 0. The van der Waals surface area contributed by atoms with E-state index in [2.05, 4.69) is 4.74 Å². The molecule has 104 valence electrons. The lowest BCUT2D eigenvalue weighted by Crippen LogP contribution is -2.41. The highest BCUT2D eigenvalue weighted by molar-refractivity contribution is 7.89. The second kappa shape index (κ2) is 6.14. The van der Waals surface area contributed by atoms with Crippen LogP contribution in [-0.2, 0) is 24.3 Å². The number of esters is 1. The van der Waals surface area contributed by atoms with E-state index in [1.54, 1.807) is 6.92 Å². The van der Waals surface area contributed by atoms with Crippen LogP contribution in [0.5, 0.6) is 0 Å². The molecule has 0 amide bonds. The van der Waals surface area contributed by atoms with Gasteiger partial charge >= 0.3 is 11.9 Å². The first kappa shape index (κ1) is 14.9. The first-order chi connectivity index (χ1) is 8.38. The fourth-order valence-electron chi connectivity index (χ4n) is 1.88. The van der Waals surface area contributed by atoms with Crippen molar-refractivity contribution >= 4 is 22.0 Å². The summed E-state index contributed by atoms with van der Waals surface area (Å²) in [6, 6.07) is -1.00. The van der Waals surface area contributed by atoms with Crippen LogP contribution < -0.4 is 0 Å². The fraction of sp³-hybridized carbons (Fsp3) is 0.800. The second-order valence-corrected chi connectivity index (χ2v) is 6.02. The van der Waals surface area contributed by atoms with Crippen LogP contribution in [0, 0.1) is 0 Å². The predicted octanol–water partition coefficient (Wildman–Crippen LogP) is -0.182. The van der Waals surface area contributed by atoms with Gasteiger partial charge in [-0.05, 0) is 19.8 Å². The van der Waals surface area contributed by atoms with Gasteiger partial charge in [-0.25, -0.2) is 8.42 Å². The highest BCUT2D eigenvalue weighted by Crippen LogP contribution is 2.21. The molecule has 0 aliphatic carbocycles. The molecule has 1 atom stereocenters. The Bertz CT molecular complexity index is 418. The molecular weight excluding hydrogens is 262 g/mol. The predicted molar refractivity (Wildman–Crippen MR) is 62.4 cm³/mol. The van der Waals surface area contributed by atoms with Gasteiger partial charge in [0.15, 0.2) is 0 Å². The largest absolute Gasteiger partial charge is 0.480 e. The fourth-order valence-corrected chi connectivity index (χ4v) is 3.53. The van der Waals surface area contributed by atoms with Crippen molar-refractivity contribution < 1.29 is 27.9 Å². The molecule has 1 rings (SSSR count). The first-order valence-corrected chi connectivity index (χ1v) is 7.37. The van der Waals surface area contributed by atoms with Crippen LogP contribution in [0.15, 0.2) is 0 Å². The van der Waals surface area contributed by atoms with Crippen molar-refractivity contribution in [2.24, 2.45) is 0 Å². The van der Waals surface area contributed by atoms with Crippen molar-refractivity contribution in [1.82, 2.24) is 4.31 Å². The summed E-state index contributed by atoms with van der Waals surface area (Å²) in [5, 5.41) is 8.91. The molecule has 0 aromatic carbocycles. The number of hydrogen-bond acceptors (Lipinski definition) is 5. The summed E-state index contributed by atoms with van der Waals surface area (Å²) in [6.07, 6.45) is 0.586. The summed E-state index contributed by atoms with van der Waals surface area (Å²) < 4.78 is 29.4. The van der Waals surface area contributed by atoms with Crippen molar-refractivity contribution in [1.29, 1.82) is 0 Å². The van der Waals surface area contributed by atoms with Gasteiger partial charge in [-0.3, -0.25) is 9.59 Å². The van der Waals surface area contributed by atoms with Crippen LogP contribution in [-0.4, -0.2) is 54.7 Å². The molecule has 0 spiro atoms. The molecule has 0 bridgehead atoms. The van der Waals surface area contributed by atoms with Gasteiger partial charge in [0.25, 0.3) is 0 Å². The van der Waals surface area contributed by atoms with Crippen molar-refractivity contribution in [3.8, 4) is 0 Å². The Kier molecular flexibility index (Phi) is 5.09. The van der Waals surface area contributed by atoms with E-state index in [-0.39, 0.29) is 19.6 Å². The number of ether oxygens (including phenoxy) is 1. The third-order valence-electron chi connectivity index (χ3n) is 2.72. The number of carbonyl (C=O) groups is 2. The Hall–Kier alpha value is -1.15. The number of aliphatic carboxylic acids is 1. The van der Waals surface area contributed by atoms with Crippen LogP contribution in [0.25, 0.3) is 0 Å². The average Bonchev–Trinajstić information content (AvgIpc) is 2.76. The van der Waals surface area contributed by atoms with Crippen molar-refractivity contribution in [3.63, 3.8) is 0 Å². The van der Waals surface area contributed by atoms with Gasteiger partial charge in [0.05, 0.1) is 18.8 Å². The maximum atomic E-state index is 11.9. The highest BCUT2D eigenvalue weighted by atomic mass is 32.2. The third-order valence-corrected chi connectivity index (χ3v) is 4.59. The summed E-state index contributed by atoms with van der Waals surface area (Å²) >= 11 is 0. The van der Waals surface area contributed by atoms with Crippen molar-refractivity contribution in [3.05, 3.63) is 0 Å². The van der Waals surface area contributed by atoms with Crippen molar-refractivity contribution in [2.75, 3.05) is 18.9 Å². The van der Waals surface area contributed by atoms with Gasteiger partial charge in [0.1, 0.15) is 6.04 Å². The maximum absolute atomic E-state index is 11.9. The molecular formula is C10H17NO6S. The number of carbonyl (C=O) groups excluding carboxylic acids is 1. The minimum atomic E-state index is -3.72. The van der Waals surface area contributed by atoms with E-state index in [9.17, 15) is 18.0 Å². The van der Waals surface area contributed by atoms with Gasteiger partial charge < -0.3 is 9.84 Å². The number of carboxylic acids is 1. The summed E-state index contributed by atoms with van der Waals surface area (Å²) in [5.74, 6) is -2.14. The minimum Gasteiger partial charge on any atom is -0.480 e. The standard InChI is InChI=1S/C10H17NO6S/c1-2-17-9(12)5-7-18(15,16)11-6-3-4-8(11)10(13)14/h8H,2-7H2,1H3,(H,13,14). The summed E-state index contributed by atoms with van der Waals surface area (Å²) in [6.45, 7) is 2.02. The third kappa shape index (κ3) is 3.67. The van der Waals surface area contributed by atoms with Crippen LogP contribution in [0.4, 0.5) is 0 Å². The molecule has 1 fully saturated rings.